The van der Waals surface area contributed by atoms with Crippen molar-refractivity contribution >= 4 is 0 Å². The fourth-order valence-corrected chi connectivity index (χ4v) is 2.86. The summed E-state index contributed by atoms with van der Waals surface area (Å²) in [6, 6.07) is 7.08. The molecule has 0 saturated heterocycles. The maximum absolute atomic E-state index is 12.3. The Labute approximate surface area is 93.3 Å². The molecule has 1 saturated carbocycles. The Bertz CT molecular complexity index is 501. The number of rotatable bonds is 0. The molecule has 0 aromatic heterocycles. The van der Waals surface area contributed by atoms with E-state index in [0.29, 0.717) is 23.6 Å². The lowest BCUT2D eigenvalue weighted by Crippen LogP contribution is -2.53. The molecule has 0 amide bonds. The first-order valence-electron chi connectivity index (χ1n) is 5.79. The molecule has 16 heavy (non-hydrogen) atoms. The Kier molecular flexibility index (Phi) is 1.93. The fraction of sp³-hybridized carbons (Fsp3) is 0.500. The van der Waals surface area contributed by atoms with Crippen LogP contribution in [-0.2, 0) is 0 Å². The lowest BCUT2D eigenvalue weighted by molar-refractivity contribution is 0.180. The highest BCUT2D eigenvalue weighted by Crippen LogP contribution is 2.29. The van der Waals surface area contributed by atoms with Crippen molar-refractivity contribution in [3.8, 4) is 0 Å². The number of nitrogens with zero attached hydrogens (tertiary/aromatic N) is 2. The summed E-state index contributed by atoms with van der Waals surface area (Å²) in [5.41, 5.74) is -0.845. The Morgan fingerprint density at radius 2 is 1.38 bits per heavy atom. The Morgan fingerprint density at radius 3 is 1.88 bits per heavy atom. The van der Waals surface area contributed by atoms with Gasteiger partial charge in [0.05, 0.1) is 12.8 Å². The predicted molar refractivity (Wildman–Crippen MR) is 60.7 cm³/mol. The SMILES string of the molecule is [O-][N+]1=c2ccccc2=[N+]([O-])C12CCCCC2. The van der Waals surface area contributed by atoms with Crippen LogP contribution in [-0.4, -0.2) is 5.66 Å². The summed E-state index contributed by atoms with van der Waals surface area (Å²) in [5, 5.41) is 25.6. The van der Waals surface area contributed by atoms with E-state index in [9.17, 15) is 10.4 Å². The second kappa shape index (κ2) is 3.20. The zero-order valence-corrected chi connectivity index (χ0v) is 9.06. The van der Waals surface area contributed by atoms with Crippen molar-refractivity contribution in [2.45, 2.75) is 37.8 Å². The zero-order chi connectivity index (χ0) is 11.2. The minimum atomic E-state index is -0.845. The van der Waals surface area contributed by atoms with Gasteiger partial charge in [0.2, 0.25) is 0 Å². The molecule has 0 unspecified atom stereocenters. The van der Waals surface area contributed by atoms with Crippen LogP contribution in [0.4, 0.5) is 0 Å². The van der Waals surface area contributed by atoms with Gasteiger partial charge in [0, 0.05) is 12.1 Å². The molecule has 84 valence electrons. The molecule has 1 aliphatic carbocycles. The van der Waals surface area contributed by atoms with Gasteiger partial charge in [-0.2, -0.15) is 0 Å². The van der Waals surface area contributed by atoms with E-state index in [4.69, 9.17) is 0 Å². The number of hydrogen-bond acceptors (Lipinski definition) is 2. The van der Waals surface area contributed by atoms with E-state index in [0.717, 1.165) is 28.7 Å². The summed E-state index contributed by atoms with van der Waals surface area (Å²) in [6.45, 7) is 0. The van der Waals surface area contributed by atoms with E-state index in [1.807, 2.05) is 0 Å². The first kappa shape index (κ1) is 9.63. The smallest absolute Gasteiger partial charge is 0.372 e. The summed E-state index contributed by atoms with van der Waals surface area (Å²) < 4.78 is 1.88. The maximum Gasteiger partial charge on any atom is 0.372 e. The standard InChI is InChI=1S/C12H14N2O2/c15-13-10-6-2-3-7-11(10)14(16)12(13)8-4-1-5-9-12/h2-3,6-7H,1,4-5,8-9H2. The van der Waals surface area contributed by atoms with Crippen molar-refractivity contribution in [1.29, 1.82) is 0 Å². The monoisotopic (exact) mass is 218 g/mol. The van der Waals surface area contributed by atoms with E-state index >= 15 is 0 Å². The molecule has 1 aliphatic heterocycles. The lowest BCUT2D eigenvalue weighted by Gasteiger charge is -2.29. The van der Waals surface area contributed by atoms with Crippen LogP contribution < -0.4 is 20.2 Å². The van der Waals surface area contributed by atoms with E-state index in [-0.39, 0.29) is 0 Å². The van der Waals surface area contributed by atoms with Crippen molar-refractivity contribution in [2.24, 2.45) is 0 Å². The van der Waals surface area contributed by atoms with Gasteiger partial charge in [-0.15, -0.1) is 9.48 Å². The van der Waals surface area contributed by atoms with Gasteiger partial charge in [0.1, 0.15) is 0 Å². The number of hydroxylamine groups is 2. The molecule has 3 rings (SSSR count). The third-order valence-corrected chi connectivity index (χ3v) is 3.73. The quantitative estimate of drug-likeness (QED) is 0.465. The first-order chi connectivity index (χ1) is 7.76. The van der Waals surface area contributed by atoms with Gasteiger partial charge in [-0.25, -0.2) is 0 Å². The average molecular weight is 218 g/mol. The molecule has 0 atom stereocenters. The Morgan fingerprint density at radius 1 is 0.875 bits per heavy atom. The fourth-order valence-electron chi connectivity index (χ4n) is 2.86. The second-order valence-electron chi connectivity index (χ2n) is 4.62. The van der Waals surface area contributed by atoms with Gasteiger partial charge < -0.3 is 10.4 Å². The van der Waals surface area contributed by atoms with Gasteiger partial charge in [0.25, 0.3) is 10.7 Å². The molecule has 0 radical (unpaired) electrons. The Hall–Kier alpha value is -1.58. The van der Waals surface area contributed by atoms with Crippen LogP contribution >= 0.6 is 0 Å². The second-order valence-corrected chi connectivity index (χ2v) is 4.62. The molecule has 0 bridgehead atoms. The third-order valence-electron chi connectivity index (χ3n) is 3.73. The summed E-state index contributed by atoms with van der Waals surface area (Å²) >= 11 is 0. The average Bonchev–Trinajstić information content (AvgIpc) is 2.55. The molecule has 1 aromatic rings. The van der Waals surface area contributed by atoms with Crippen LogP contribution in [0.15, 0.2) is 24.3 Å². The topological polar surface area (TPSA) is 52.1 Å². The maximum atomic E-state index is 12.3. The highest BCUT2D eigenvalue weighted by atomic mass is 16.5. The minimum Gasteiger partial charge on any atom is -0.618 e. The molecule has 0 N–H and O–H groups in total. The van der Waals surface area contributed by atoms with E-state index in [2.05, 4.69) is 0 Å². The molecular formula is C12H14N2O2. The molecular weight excluding hydrogens is 204 g/mol. The normalized spacial score (nSPS) is 22.5. The molecule has 1 spiro atoms. The van der Waals surface area contributed by atoms with Crippen LogP contribution in [0, 0.1) is 10.4 Å². The van der Waals surface area contributed by atoms with Crippen LogP contribution in [0.2, 0.25) is 0 Å². The van der Waals surface area contributed by atoms with Crippen molar-refractivity contribution in [1.82, 2.24) is 9.48 Å². The first-order valence-corrected chi connectivity index (χ1v) is 5.79. The molecule has 1 fully saturated rings. The van der Waals surface area contributed by atoms with Crippen molar-refractivity contribution < 1.29 is 0 Å². The van der Waals surface area contributed by atoms with Crippen LogP contribution in [0.1, 0.15) is 32.1 Å². The summed E-state index contributed by atoms with van der Waals surface area (Å²) in [4.78, 5) is 0. The number of benzene rings is 1. The van der Waals surface area contributed by atoms with Gasteiger partial charge in [-0.1, -0.05) is 18.6 Å². The van der Waals surface area contributed by atoms with Gasteiger partial charge >= 0.3 is 5.66 Å². The number of para-hydroxylation sites is 2. The molecule has 1 aromatic carbocycles. The molecule has 4 heteroatoms. The van der Waals surface area contributed by atoms with Gasteiger partial charge in [-0.3, -0.25) is 0 Å². The summed E-state index contributed by atoms with van der Waals surface area (Å²) in [5.74, 6) is 0. The van der Waals surface area contributed by atoms with Gasteiger partial charge in [0.15, 0.2) is 0 Å². The van der Waals surface area contributed by atoms with Crippen LogP contribution in [0.25, 0.3) is 0 Å². The largest absolute Gasteiger partial charge is 0.618 e. The van der Waals surface area contributed by atoms with Crippen molar-refractivity contribution in [2.75, 3.05) is 0 Å². The van der Waals surface area contributed by atoms with Gasteiger partial charge in [-0.05, 0) is 12.8 Å². The molecule has 1 heterocycles. The van der Waals surface area contributed by atoms with E-state index < -0.39 is 5.66 Å². The Balaban J connectivity index is 2.30. The third kappa shape index (κ3) is 1.04. The molecule has 4 nitrogen and oxygen atoms in total. The van der Waals surface area contributed by atoms with Crippen LogP contribution in [0.5, 0.6) is 0 Å². The summed E-state index contributed by atoms with van der Waals surface area (Å²) in [7, 11) is 0. The predicted octanol–water partition coefficient (Wildman–Crippen LogP) is 0.338. The van der Waals surface area contributed by atoms with E-state index in [1.54, 1.807) is 24.3 Å². The lowest BCUT2D eigenvalue weighted by atomic mass is 9.90. The highest BCUT2D eigenvalue weighted by molar-refractivity contribution is 5.12. The van der Waals surface area contributed by atoms with Crippen molar-refractivity contribution in [3.63, 3.8) is 0 Å². The zero-order valence-electron chi connectivity index (χ0n) is 9.06. The highest BCUT2D eigenvalue weighted by Gasteiger charge is 2.52. The molecule has 2 aliphatic rings. The number of fused-ring (bicyclic) bond motifs is 1. The summed E-state index contributed by atoms with van der Waals surface area (Å²) in [6.07, 6.45) is 4.40. The van der Waals surface area contributed by atoms with Crippen molar-refractivity contribution in [3.05, 3.63) is 45.4 Å². The minimum absolute atomic E-state index is 0.527. The number of hydrogen-bond donors (Lipinski definition) is 0. The van der Waals surface area contributed by atoms with Crippen LogP contribution in [0.3, 0.4) is 0 Å². The van der Waals surface area contributed by atoms with E-state index in [1.165, 1.54) is 0 Å².